The standard InChI is InChI=1S/C24H18O5.B/c1-15-12-18-19(13-20(15)28-14-16-8-4-2-5-9-16)24(27)29-22(23(25)26)21(18)17-10-6-3-7-11-17;/h2-13H,14H2,1H3,(H,25,26);. The van der Waals surface area contributed by atoms with Gasteiger partial charge in [0, 0.05) is 19.4 Å². The third kappa shape index (κ3) is 3.98. The summed E-state index contributed by atoms with van der Waals surface area (Å²) in [6.07, 6.45) is 0. The van der Waals surface area contributed by atoms with Crippen LogP contribution in [-0.2, 0) is 6.61 Å². The topological polar surface area (TPSA) is 76.7 Å². The molecule has 1 aromatic heterocycles. The largest absolute Gasteiger partial charge is 0.489 e. The Morgan fingerprint density at radius 1 is 0.967 bits per heavy atom. The minimum atomic E-state index is -1.29. The van der Waals surface area contributed by atoms with Crippen molar-refractivity contribution in [3.8, 4) is 16.9 Å². The number of aryl methyl sites for hydroxylation is 1. The summed E-state index contributed by atoms with van der Waals surface area (Å²) >= 11 is 0. The minimum Gasteiger partial charge on any atom is -0.489 e. The fourth-order valence-electron chi connectivity index (χ4n) is 3.32. The fourth-order valence-corrected chi connectivity index (χ4v) is 3.32. The van der Waals surface area contributed by atoms with Gasteiger partial charge in [-0.1, -0.05) is 60.7 Å². The van der Waals surface area contributed by atoms with E-state index >= 15 is 0 Å². The second-order valence-corrected chi connectivity index (χ2v) is 6.70. The van der Waals surface area contributed by atoms with Crippen molar-refractivity contribution >= 4 is 25.2 Å². The molecule has 0 aliphatic carbocycles. The van der Waals surface area contributed by atoms with E-state index in [1.165, 1.54) is 0 Å². The van der Waals surface area contributed by atoms with Gasteiger partial charge in [0.2, 0.25) is 5.76 Å². The maximum absolute atomic E-state index is 12.5. The first-order valence-corrected chi connectivity index (χ1v) is 9.11. The summed E-state index contributed by atoms with van der Waals surface area (Å²) < 4.78 is 11.1. The lowest BCUT2D eigenvalue weighted by Gasteiger charge is -2.13. The van der Waals surface area contributed by atoms with Crippen molar-refractivity contribution in [2.45, 2.75) is 13.5 Å². The third-order valence-electron chi connectivity index (χ3n) is 4.72. The van der Waals surface area contributed by atoms with Crippen LogP contribution in [0.4, 0.5) is 0 Å². The quantitative estimate of drug-likeness (QED) is 0.496. The molecule has 5 nitrogen and oxygen atoms in total. The highest BCUT2D eigenvalue weighted by atomic mass is 16.5. The van der Waals surface area contributed by atoms with Gasteiger partial charge in [0.1, 0.15) is 12.4 Å². The van der Waals surface area contributed by atoms with Gasteiger partial charge >= 0.3 is 11.6 Å². The monoisotopic (exact) mass is 397 g/mol. The van der Waals surface area contributed by atoms with E-state index in [2.05, 4.69) is 0 Å². The van der Waals surface area contributed by atoms with E-state index in [9.17, 15) is 14.7 Å². The fraction of sp³-hybridized carbons (Fsp3) is 0.0833. The molecule has 0 unspecified atom stereocenters. The van der Waals surface area contributed by atoms with Gasteiger partial charge in [0.15, 0.2) is 0 Å². The lowest BCUT2D eigenvalue weighted by Crippen LogP contribution is -2.10. The molecule has 30 heavy (non-hydrogen) atoms. The highest BCUT2D eigenvalue weighted by Crippen LogP contribution is 2.34. The van der Waals surface area contributed by atoms with Gasteiger partial charge in [-0.15, -0.1) is 0 Å². The number of fused-ring (bicyclic) bond motifs is 1. The second kappa shape index (κ2) is 8.70. The highest BCUT2D eigenvalue weighted by molar-refractivity contribution is 6.05. The molecule has 0 bridgehead atoms. The summed E-state index contributed by atoms with van der Waals surface area (Å²) in [4.78, 5) is 24.3. The Bertz CT molecular complexity index is 1250. The maximum atomic E-state index is 12.5. The Hall–Kier alpha value is -3.80. The van der Waals surface area contributed by atoms with E-state index < -0.39 is 11.6 Å². The van der Waals surface area contributed by atoms with Gasteiger partial charge in [-0.3, -0.25) is 0 Å². The van der Waals surface area contributed by atoms with Crippen molar-refractivity contribution in [2.24, 2.45) is 0 Å². The van der Waals surface area contributed by atoms with Crippen molar-refractivity contribution in [2.75, 3.05) is 0 Å². The van der Waals surface area contributed by atoms with Crippen molar-refractivity contribution in [3.63, 3.8) is 0 Å². The normalized spacial score (nSPS) is 10.4. The van der Waals surface area contributed by atoms with E-state index in [1.807, 2.05) is 55.5 Å². The number of aromatic carboxylic acids is 1. The van der Waals surface area contributed by atoms with Crippen LogP contribution in [0.5, 0.6) is 5.75 Å². The van der Waals surface area contributed by atoms with Gasteiger partial charge in [-0.25, -0.2) is 9.59 Å². The number of carbonyl (C=O) groups is 1. The van der Waals surface area contributed by atoms with Crippen LogP contribution < -0.4 is 10.4 Å². The van der Waals surface area contributed by atoms with Crippen molar-refractivity contribution < 1.29 is 19.1 Å². The van der Waals surface area contributed by atoms with Gasteiger partial charge in [-0.05, 0) is 35.7 Å². The number of hydrogen-bond acceptors (Lipinski definition) is 4. The van der Waals surface area contributed by atoms with Gasteiger partial charge in [0.25, 0.3) is 0 Å². The molecule has 3 radical (unpaired) electrons. The summed E-state index contributed by atoms with van der Waals surface area (Å²) in [7, 11) is 0. The molecular weight excluding hydrogens is 379 g/mol. The van der Waals surface area contributed by atoms with Crippen molar-refractivity contribution in [1.82, 2.24) is 0 Å². The molecular formula is C24H18BO5. The molecule has 0 atom stereocenters. The van der Waals surface area contributed by atoms with Crippen LogP contribution in [0.1, 0.15) is 21.7 Å². The Labute approximate surface area is 175 Å². The molecule has 3 aromatic carbocycles. The molecule has 0 saturated heterocycles. The predicted octanol–water partition coefficient (Wildman–Crippen LogP) is 4.66. The Kier molecular flexibility index (Phi) is 6.07. The lowest BCUT2D eigenvalue weighted by atomic mass is 9.96. The first-order chi connectivity index (χ1) is 14.0. The van der Waals surface area contributed by atoms with Crippen LogP contribution in [0.2, 0.25) is 0 Å². The van der Waals surface area contributed by atoms with Gasteiger partial charge in [0.05, 0.1) is 5.39 Å². The van der Waals surface area contributed by atoms with Gasteiger partial charge in [-0.2, -0.15) is 0 Å². The van der Waals surface area contributed by atoms with Crippen LogP contribution in [0.15, 0.2) is 82.0 Å². The first kappa shape index (κ1) is 20.9. The molecule has 0 fully saturated rings. The predicted molar refractivity (Wildman–Crippen MR) is 116 cm³/mol. The maximum Gasteiger partial charge on any atom is 0.372 e. The average molecular weight is 397 g/mol. The number of carboxylic acid groups (broad SMARTS) is 1. The number of ether oxygens (including phenoxy) is 1. The minimum absolute atomic E-state index is 0. The zero-order valence-electron chi connectivity index (χ0n) is 16.3. The molecule has 6 heteroatoms. The zero-order valence-corrected chi connectivity index (χ0v) is 16.3. The zero-order chi connectivity index (χ0) is 20.4. The molecule has 0 saturated carbocycles. The molecule has 147 valence electrons. The van der Waals surface area contributed by atoms with Crippen LogP contribution >= 0.6 is 0 Å². The Morgan fingerprint density at radius 3 is 2.23 bits per heavy atom. The third-order valence-corrected chi connectivity index (χ3v) is 4.72. The SMILES string of the molecule is Cc1cc2c(-c3ccccc3)c(C(=O)O)oc(=O)c2cc1OCc1ccccc1.[B]. The van der Waals surface area contributed by atoms with Crippen LogP contribution in [-0.4, -0.2) is 19.5 Å². The van der Waals surface area contributed by atoms with Crippen molar-refractivity contribution in [3.05, 3.63) is 100 Å². The summed E-state index contributed by atoms with van der Waals surface area (Å²) in [6, 6.07) is 22.1. The van der Waals surface area contributed by atoms with E-state index in [1.54, 1.807) is 24.3 Å². The molecule has 4 rings (SSSR count). The Morgan fingerprint density at radius 2 is 1.60 bits per heavy atom. The number of carboxylic acids is 1. The molecule has 1 N–H and O–H groups in total. The average Bonchev–Trinajstić information content (AvgIpc) is 2.73. The second-order valence-electron chi connectivity index (χ2n) is 6.70. The Balaban J connectivity index is 0.00000256. The smallest absolute Gasteiger partial charge is 0.372 e. The molecule has 0 amide bonds. The highest BCUT2D eigenvalue weighted by Gasteiger charge is 2.22. The molecule has 0 aliphatic rings. The molecule has 0 spiro atoms. The van der Waals surface area contributed by atoms with E-state index in [-0.39, 0.29) is 19.6 Å². The van der Waals surface area contributed by atoms with Crippen LogP contribution in [0, 0.1) is 6.92 Å². The summed E-state index contributed by atoms with van der Waals surface area (Å²) in [5.74, 6) is -1.10. The van der Waals surface area contributed by atoms with Gasteiger partial charge < -0.3 is 14.3 Å². The van der Waals surface area contributed by atoms with Crippen LogP contribution in [0.3, 0.4) is 0 Å². The first-order valence-electron chi connectivity index (χ1n) is 9.11. The molecule has 0 aliphatic heterocycles. The van der Waals surface area contributed by atoms with E-state index in [0.29, 0.717) is 28.9 Å². The number of rotatable bonds is 5. The lowest BCUT2D eigenvalue weighted by molar-refractivity contribution is 0.0659. The summed E-state index contributed by atoms with van der Waals surface area (Å²) in [5.41, 5.74) is 2.14. The van der Waals surface area contributed by atoms with Crippen molar-refractivity contribution in [1.29, 1.82) is 0 Å². The van der Waals surface area contributed by atoms with E-state index in [0.717, 1.165) is 11.1 Å². The summed E-state index contributed by atoms with van der Waals surface area (Å²) in [6.45, 7) is 2.22. The molecule has 1 heterocycles. The number of hydrogen-bond donors (Lipinski definition) is 1. The van der Waals surface area contributed by atoms with E-state index in [4.69, 9.17) is 9.15 Å². The number of benzene rings is 3. The molecule has 4 aromatic rings. The summed E-state index contributed by atoms with van der Waals surface area (Å²) in [5, 5.41) is 10.4. The van der Waals surface area contributed by atoms with Crippen LogP contribution in [0.25, 0.3) is 21.9 Å².